The lowest BCUT2D eigenvalue weighted by molar-refractivity contribution is -0.184. The second-order valence-corrected chi connectivity index (χ2v) is 33.3. The number of hydrogen-bond donors (Lipinski definition) is 0. The molecule has 0 aliphatic rings. The van der Waals surface area contributed by atoms with Crippen LogP contribution < -0.4 is 0 Å². The summed E-state index contributed by atoms with van der Waals surface area (Å²) in [6.45, 7) is 0. The van der Waals surface area contributed by atoms with Gasteiger partial charge in [-0.05, 0) is 162 Å². The molecule has 0 radical (unpaired) electrons. The van der Waals surface area contributed by atoms with Gasteiger partial charge in [0.25, 0.3) is 2.33 Å². The molecule has 1 aromatic carbocycles. The number of pyridine rings is 1. The summed E-state index contributed by atoms with van der Waals surface area (Å²) in [5.74, 6) is 0. The molecule has 0 atom stereocenters. The van der Waals surface area contributed by atoms with Crippen LogP contribution in [0.15, 0.2) is 39.1 Å². The van der Waals surface area contributed by atoms with Crippen molar-refractivity contribution < 1.29 is 26.1 Å². The summed E-state index contributed by atoms with van der Waals surface area (Å²) in [5, 5.41) is -0.312. The number of benzene rings is 1. The Morgan fingerprint density at radius 1 is 0.806 bits per heavy atom. The highest BCUT2D eigenvalue weighted by Crippen LogP contribution is 2.47. The maximum atomic E-state index is 13.1. The maximum Gasteiger partial charge on any atom is 0.266 e. The Labute approximate surface area is 257 Å². The second kappa shape index (κ2) is 10.8. The molecule has 31 heavy (non-hydrogen) atoms. The summed E-state index contributed by atoms with van der Waals surface area (Å²) in [5.41, 5.74) is 0.0875. The highest BCUT2D eigenvalue weighted by molar-refractivity contribution is 9.42. The van der Waals surface area contributed by atoms with Gasteiger partial charge in [-0.3, -0.25) is 0 Å². The van der Waals surface area contributed by atoms with Gasteiger partial charge in [-0.1, -0.05) is 6.07 Å². The fourth-order valence-electron chi connectivity index (χ4n) is 1.90. The van der Waals surface area contributed by atoms with Crippen LogP contribution in [-0.2, 0) is 28.9 Å². The van der Waals surface area contributed by atoms with E-state index in [0.29, 0.717) is 4.90 Å². The van der Waals surface area contributed by atoms with Gasteiger partial charge in [0.1, 0.15) is 0 Å². The van der Waals surface area contributed by atoms with Gasteiger partial charge in [-0.25, -0.2) is 21.8 Å². The zero-order valence-corrected chi connectivity index (χ0v) is 30.6. The molecular weight excluding hydrogens is 1070 g/mol. The van der Waals surface area contributed by atoms with E-state index in [1.807, 2.05) is 0 Å². The Balaban J connectivity index is 2.75. The van der Waals surface area contributed by atoms with Gasteiger partial charge < -0.3 is 0 Å². The quantitative estimate of drug-likeness (QED) is 0.128. The number of sulfone groups is 2. The molecule has 2 rings (SSSR count). The van der Waals surface area contributed by atoms with Crippen LogP contribution in [0.25, 0.3) is 10.9 Å². The first-order valence-electron chi connectivity index (χ1n) is 6.94. The van der Waals surface area contributed by atoms with Gasteiger partial charge in [0.05, 0.1) is 22.5 Å². The van der Waals surface area contributed by atoms with E-state index in [0.717, 1.165) is 18.1 Å². The van der Waals surface area contributed by atoms with Crippen LogP contribution >= 0.6 is 155 Å². The van der Waals surface area contributed by atoms with Crippen LogP contribution in [0.3, 0.4) is 0 Å². The number of hydrogen-bond acceptors (Lipinski definition) is 8. The summed E-state index contributed by atoms with van der Waals surface area (Å²) >= 11 is 27.9. The average molecular weight is 1070 g/mol. The van der Waals surface area contributed by atoms with E-state index in [1.54, 1.807) is 6.07 Å². The van der Waals surface area contributed by atoms with Crippen molar-refractivity contribution in [2.45, 2.75) is 20.1 Å². The summed E-state index contributed by atoms with van der Waals surface area (Å²) < 4.78 is 52.4. The SMILES string of the molecule is O=S(=O)(c1cc(S(=O)(=O)C(Br)(Br)Br)c2ccc(SOOC(Br)(Br)Br)cc2n1)C(Br)(Br)Br. The average Bonchev–Trinajstić information content (AvgIpc) is 2.57. The van der Waals surface area contributed by atoms with Gasteiger partial charge in [0.2, 0.25) is 22.6 Å². The Bertz CT molecular complexity index is 1200. The second-order valence-electron chi connectivity index (χ2n) is 5.22. The van der Waals surface area contributed by atoms with Gasteiger partial charge >= 0.3 is 0 Å². The number of fused-ring (bicyclic) bond motifs is 1. The fourth-order valence-corrected chi connectivity index (χ4v) is 7.71. The molecule has 174 valence electrons. The Morgan fingerprint density at radius 2 is 1.35 bits per heavy atom. The minimum atomic E-state index is -4.20. The van der Waals surface area contributed by atoms with E-state index in [9.17, 15) is 16.8 Å². The molecule has 0 saturated heterocycles. The lowest BCUT2D eigenvalue weighted by atomic mass is 10.2. The number of nitrogens with zero attached hydrogens (tertiary/aromatic N) is 1. The fraction of sp³-hybridized carbons (Fsp3) is 0.250. The summed E-state index contributed by atoms with van der Waals surface area (Å²) in [6.07, 6.45) is 0. The van der Waals surface area contributed by atoms with Crippen LogP contribution in [0.2, 0.25) is 0 Å². The summed E-state index contributed by atoms with van der Waals surface area (Å²) in [6, 6.07) is 5.47. The molecule has 2 aromatic rings. The topological polar surface area (TPSA) is 99.6 Å². The normalized spacial score (nSPS) is 14.2. The highest BCUT2D eigenvalue weighted by atomic mass is 80.0. The number of alkyl halides is 9. The van der Waals surface area contributed by atoms with Crippen molar-refractivity contribution in [3.63, 3.8) is 0 Å². The van der Waals surface area contributed by atoms with Crippen LogP contribution in [0.4, 0.5) is 0 Å². The largest absolute Gasteiger partial charge is 0.266 e. The molecule has 19 heteroatoms. The van der Waals surface area contributed by atoms with Gasteiger partial charge in [0.15, 0.2) is 5.03 Å². The Kier molecular flexibility index (Phi) is 10.6. The molecule has 0 saturated carbocycles. The zero-order valence-electron chi connectivity index (χ0n) is 13.8. The Morgan fingerprint density at radius 3 is 1.84 bits per heavy atom. The molecular formula is C12H4Br9NO6S3. The Hall–Kier alpha value is 3.12. The molecule has 0 N–H and O–H groups in total. The molecule has 0 bridgehead atoms. The van der Waals surface area contributed by atoms with E-state index < -0.39 is 30.0 Å². The molecule has 0 amide bonds. The van der Waals surface area contributed by atoms with E-state index in [4.69, 9.17) is 9.22 Å². The number of aromatic nitrogens is 1. The first-order valence-corrected chi connectivity index (χ1v) is 17.8. The maximum absolute atomic E-state index is 13.1. The van der Waals surface area contributed by atoms with E-state index >= 15 is 0 Å². The third-order valence-corrected chi connectivity index (χ3v) is 14.7. The number of halogens is 9. The molecule has 0 aliphatic carbocycles. The van der Waals surface area contributed by atoms with E-state index in [-0.39, 0.29) is 15.8 Å². The molecule has 0 spiro atoms. The third-order valence-electron chi connectivity index (χ3n) is 3.15. The van der Waals surface area contributed by atoms with Crippen molar-refractivity contribution in [3.05, 3.63) is 24.3 Å². The van der Waals surface area contributed by atoms with E-state index in [2.05, 4.69) is 148 Å². The van der Waals surface area contributed by atoms with Crippen LogP contribution in [-0.4, -0.2) is 27.1 Å². The van der Waals surface area contributed by atoms with Gasteiger partial charge in [0, 0.05) is 10.3 Å². The molecule has 0 unspecified atom stereocenters. The first kappa shape index (κ1) is 30.3. The monoisotopic (exact) mass is 1060 g/mol. The van der Waals surface area contributed by atoms with Crippen LogP contribution in [0, 0.1) is 0 Å². The molecule has 0 fully saturated rings. The molecule has 0 aliphatic heterocycles. The highest BCUT2D eigenvalue weighted by Gasteiger charge is 2.43. The predicted molar refractivity (Wildman–Crippen MR) is 153 cm³/mol. The lowest BCUT2D eigenvalue weighted by Gasteiger charge is -2.18. The van der Waals surface area contributed by atoms with Crippen LogP contribution in [0.1, 0.15) is 0 Å². The predicted octanol–water partition coefficient (Wildman–Crippen LogP) is 8.13. The minimum Gasteiger partial charge on any atom is -0.236 e. The van der Waals surface area contributed by atoms with Gasteiger partial charge in [-0.15, -0.1) is 0 Å². The molecule has 1 heterocycles. The van der Waals surface area contributed by atoms with Crippen molar-refractivity contribution in [1.29, 1.82) is 0 Å². The molecule has 7 nitrogen and oxygen atoms in total. The van der Waals surface area contributed by atoms with Crippen molar-refractivity contribution in [2.24, 2.45) is 0 Å². The number of rotatable bonds is 5. The molecule has 1 aromatic heterocycles. The summed E-state index contributed by atoms with van der Waals surface area (Å²) in [7, 11) is -8.36. The first-order chi connectivity index (χ1) is 13.8. The van der Waals surface area contributed by atoms with Crippen molar-refractivity contribution >= 4 is 186 Å². The standard InChI is InChI=1S/C12H4Br9NO6S3/c13-10(14,15)27-28-29-5-1-2-6-7(3-5)22-9(31(25,26)12(19,20)21)4-8(6)30(23,24)11(16,17)18/h1-4H. The van der Waals surface area contributed by atoms with Crippen molar-refractivity contribution in [2.75, 3.05) is 0 Å². The van der Waals surface area contributed by atoms with Gasteiger partial charge in [-0.2, -0.15) is 9.22 Å². The lowest BCUT2D eigenvalue weighted by Crippen LogP contribution is -2.22. The zero-order chi connectivity index (χ0) is 24.0. The summed E-state index contributed by atoms with van der Waals surface area (Å²) in [4.78, 5) is 9.29. The van der Waals surface area contributed by atoms with Crippen molar-refractivity contribution in [3.8, 4) is 0 Å². The van der Waals surface area contributed by atoms with Crippen LogP contribution in [0.5, 0.6) is 0 Å². The van der Waals surface area contributed by atoms with Crippen molar-refractivity contribution in [1.82, 2.24) is 4.98 Å². The smallest absolute Gasteiger partial charge is 0.236 e. The minimum absolute atomic E-state index is 0.0875. The van der Waals surface area contributed by atoms with E-state index in [1.165, 1.54) is 12.1 Å². The third kappa shape index (κ3) is 7.56.